The number of amides is 2. The van der Waals surface area contributed by atoms with Gasteiger partial charge in [0, 0.05) is 5.56 Å². The maximum Gasteiger partial charge on any atom is 0.270 e. The molecule has 0 unspecified atom stereocenters. The van der Waals surface area contributed by atoms with Crippen molar-refractivity contribution in [1.29, 1.82) is 0 Å². The van der Waals surface area contributed by atoms with Gasteiger partial charge in [-0.2, -0.15) is 0 Å². The van der Waals surface area contributed by atoms with Gasteiger partial charge in [-0.05, 0) is 54.5 Å². The predicted octanol–water partition coefficient (Wildman–Crippen LogP) is 1.38. The average Bonchev–Trinajstić information content (AvgIpc) is 2.76. The Hall–Kier alpha value is -3.98. The highest BCUT2D eigenvalue weighted by Gasteiger charge is 2.34. The quantitative estimate of drug-likeness (QED) is 0.280. The second-order valence-electron chi connectivity index (χ2n) is 6.66. The van der Waals surface area contributed by atoms with Gasteiger partial charge in [-0.15, -0.1) is 6.58 Å². The lowest BCUT2D eigenvalue weighted by molar-refractivity contribution is -0.307. The Labute approximate surface area is 189 Å². The minimum absolute atomic E-state index is 0.0145. The van der Waals surface area contributed by atoms with Crippen molar-refractivity contribution in [3.63, 3.8) is 0 Å². The second-order valence-corrected chi connectivity index (χ2v) is 7.04. The monoisotopic (exact) mass is 451 g/mol. The lowest BCUT2D eigenvalue weighted by Gasteiger charge is -2.29. The van der Waals surface area contributed by atoms with E-state index in [1.807, 2.05) is 0 Å². The lowest BCUT2D eigenvalue weighted by Crippen LogP contribution is -2.54. The number of nitrogens with one attached hydrogen (secondary N) is 1. The zero-order chi connectivity index (χ0) is 23.3. The Morgan fingerprint density at radius 1 is 1.25 bits per heavy atom. The summed E-state index contributed by atoms with van der Waals surface area (Å²) in [4.78, 5) is 37.7. The molecule has 1 aliphatic rings. The Morgan fingerprint density at radius 3 is 2.59 bits per heavy atom. The number of thiocarbonyl (C=S) groups is 1. The molecule has 1 heterocycles. The van der Waals surface area contributed by atoms with E-state index in [1.54, 1.807) is 42.5 Å². The number of methoxy groups -OCH3 is 1. The van der Waals surface area contributed by atoms with E-state index in [2.05, 4.69) is 11.9 Å². The highest BCUT2D eigenvalue weighted by Crippen LogP contribution is 2.34. The molecule has 2 aromatic carbocycles. The summed E-state index contributed by atoms with van der Waals surface area (Å²) in [7, 11) is 1.39. The lowest BCUT2D eigenvalue weighted by atomic mass is 10.0. The predicted molar refractivity (Wildman–Crippen MR) is 120 cm³/mol. The third-order valence-corrected chi connectivity index (χ3v) is 4.78. The van der Waals surface area contributed by atoms with E-state index >= 15 is 0 Å². The number of hydrogen-bond acceptors (Lipinski definition) is 7. The van der Waals surface area contributed by atoms with Gasteiger partial charge < -0.3 is 19.4 Å². The van der Waals surface area contributed by atoms with Gasteiger partial charge in [-0.1, -0.05) is 24.3 Å². The number of anilines is 1. The first-order valence-electron chi connectivity index (χ1n) is 9.46. The van der Waals surface area contributed by atoms with Crippen molar-refractivity contribution < 1.29 is 29.0 Å². The number of rotatable bonds is 8. The molecule has 0 radical (unpaired) electrons. The number of carbonyl (C=O) groups excluding carboxylic acids is 3. The Balaban J connectivity index is 2.05. The molecular weight excluding hydrogens is 432 g/mol. The van der Waals surface area contributed by atoms with E-state index in [1.165, 1.54) is 24.2 Å². The Morgan fingerprint density at radius 2 is 1.97 bits per heavy atom. The van der Waals surface area contributed by atoms with Crippen LogP contribution in [0.25, 0.3) is 6.08 Å². The zero-order valence-corrected chi connectivity index (χ0v) is 17.9. The van der Waals surface area contributed by atoms with Crippen molar-refractivity contribution in [2.75, 3.05) is 18.6 Å². The van der Waals surface area contributed by atoms with Crippen molar-refractivity contribution >= 4 is 46.9 Å². The minimum Gasteiger partial charge on any atom is -0.546 e. The first-order chi connectivity index (χ1) is 15.3. The molecule has 32 heavy (non-hydrogen) atoms. The number of carboxylic acid groups (broad SMARTS) is 1. The fourth-order valence-corrected chi connectivity index (χ4v) is 3.44. The van der Waals surface area contributed by atoms with Crippen LogP contribution in [0.5, 0.6) is 11.5 Å². The Bertz CT molecular complexity index is 1130. The van der Waals surface area contributed by atoms with Crippen LogP contribution in [-0.2, 0) is 20.8 Å². The van der Waals surface area contributed by atoms with Gasteiger partial charge in [-0.3, -0.25) is 19.8 Å². The maximum absolute atomic E-state index is 13.1. The molecule has 1 aliphatic heterocycles. The number of nitrogens with zero attached hydrogens (tertiary/aromatic N) is 1. The van der Waals surface area contributed by atoms with Gasteiger partial charge in [0.25, 0.3) is 11.8 Å². The molecule has 0 atom stereocenters. The van der Waals surface area contributed by atoms with Gasteiger partial charge in [0.05, 0.1) is 18.8 Å². The number of carbonyl (C=O) groups is 3. The van der Waals surface area contributed by atoms with E-state index in [-0.39, 0.29) is 22.2 Å². The summed E-state index contributed by atoms with van der Waals surface area (Å²) in [5.74, 6) is -2.15. The molecule has 2 aromatic rings. The molecule has 0 aliphatic carbocycles. The molecule has 1 saturated heterocycles. The number of para-hydroxylation sites is 1. The summed E-state index contributed by atoms with van der Waals surface area (Å²) in [6.45, 7) is 3.03. The molecule has 0 spiro atoms. The van der Waals surface area contributed by atoms with E-state index in [0.29, 0.717) is 23.2 Å². The van der Waals surface area contributed by atoms with Crippen molar-refractivity contribution in [3.8, 4) is 11.5 Å². The molecule has 9 heteroatoms. The van der Waals surface area contributed by atoms with Crippen LogP contribution in [-0.4, -0.2) is 36.6 Å². The molecule has 0 aromatic heterocycles. The minimum atomic E-state index is -1.38. The molecule has 2 amide bonds. The van der Waals surface area contributed by atoms with E-state index in [0.717, 1.165) is 0 Å². The molecule has 1 fully saturated rings. The summed E-state index contributed by atoms with van der Waals surface area (Å²) in [6.07, 6.45) is 3.34. The average molecular weight is 451 g/mol. The summed E-state index contributed by atoms with van der Waals surface area (Å²) < 4.78 is 10.7. The van der Waals surface area contributed by atoms with Gasteiger partial charge in [-0.25, -0.2) is 0 Å². The van der Waals surface area contributed by atoms with E-state index in [9.17, 15) is 19.5 Å². The van der Waals surface area contributed by atoms with E-state index < -0.39 is 24.4 Å². The number of allylic oxidation sites excluding steroid dienone is 1. The SMILES string of the molecule is C=CCc1cc(/C=C2/C(=O)NC(=S)N(c3ccccc3)C2=O)cc(OC)c1OCC(=O)[O-]. The smallest absolute Gasteiger partial charge is 0.270 e. The third kappa shape index (κ3) is 4.84. The highest BCUT2D eigenvalue weighted by atomic mass is 32.1. The van der Waals surface area contributed by atoms with Gasteiger partial charge >= 0.3 is 0 Å². The van der Waals surface area contributed by atoms with Crippen molar-refractivity contribution in [2.45, 2.75) is 6.42 Å². The molecule has 8 nitrogen and oxygen atoms in total. The fraction of sp³-hybridized carbons (Fsp3) is 0.130. The van der Waals surface area contributed by atoms with Crippen LogP contribution >= 0.6 is 12.2 Å². The summed E-state index contributed by atoms with van der Waals surface area (Å²) in [6, 6.07) is 11.9. The molecular formula is C23H19N2O6S-. The van der Waals surface area contributed by atoms with Crippen LogP contribution in [0.2, 0.25) is 0 Å². The maximum atomic E-state index is 13.1. The third-order valence-electron chi connectivity index (χ3n) is 4.50. The van der Waals surface area contributed by atoms with Gasteiger partial charge in [0.1, 0.15) is 12.2 Å². The molecule has 1 N–H and O–H groups in total. The first-order valence-corrected chi connectivity index (χ1v) is 9.87. The van der Waals surface area contributed by atoms with Crippen LogP contribution in [0, 0.1) is 0 Å². The molecule has 0 saturated carbocycles. The number of carboxylic acids is 1. The van der Waals surface area contributed by atoms with E-state index in [4.69, 9.17) is 21.7 Å². The number of ether oxygens (including phenoxy) is 2. The standard InChI is InChI=1S/C23H20N2O6S/c1-3-7-15-10-14(12-18(30-2)20(15)31-13-19(26)27)11-17-21(28)24-23(32)25(22(17)29)16-8-5-4-6-9-16/h3-6,8-12H,1,7,13H2,2H3,(H,26,27)(H,24,28,32)/p-1/b17-11-. The molecule has 164 valence electrons. The van der Waals surface area contributed by atoms with Gasteiger partial charge in [0.15, 0.2) is 16.6 Å². The van der Waals surface area contributed by atoms with Crippen LogP contribution < -0.4 is 24.8 Å². The zero-order valence-electron chi connectivity index (χ0n) is 17.1. The fourth-order valence-electron chi connectivity index (χ4n) is 3.16. The van der Waals surface area contributed by atoms with Crippen LogP contribution in [0.1, 0.15) is 11.1 Å². The van der Waals surface area contributed by atoms with Crippen molar-refractivity contribution in [1.82, 2.24) is 5.32 Å². The summed E-state index contributed by atoms with van der Waals surface area (Å²) >= 11 is 5.19. The largest absolute Gasteiger partial charge is 0.546 e. The van der Waals surface area contributed by atoms with Crippen molar-refractivity contribution in [3.05, 3.63) is 71.8 Å². The number of benzene rings is 2. The summed E-state index contributed by atoms with van der Waals surface area (Å²) in [5, 5.41) is 13.3. The van der Waals surface area contributed by atoms with Crippen LogP contribution in [0.15, 0.2) is 60.7 Å². The van der Waals surface area contributed by atoms with Crippen LogP contribution in [0.3, 0.4) is 0 Å². The van der Waals surface area contributed by atoms with Crippen LogP contribution in [0.4, 0.5) is 5.69 Å². The first kappa shape index (κ1) is 22.7. The highest BCUT2D eigenvalue weighted by molar-refractivity contribution is 7.80. The number of hydrogen-bond donors (Lipinski definition) is 1. The molecule has 3 rings (SSSR count). The molecule has 0 bridgehead atoms. The summed E-state index contributed by atoms with van der Waals surface area (Å²) in [5.41, 5.74) is 1.42. The normalized spacial score (nSPS) is 14.8. The van der Waals surface area contributed by atoms with Gasteiger partial charge in [0.2, 0.25) is 0 Å². The number of aliphatic carboxylic acids is 1. The Kier molecular flexibility index (Phi) is 7.01. The topological polar surface area (TPSA) is 108 Å². The van der Waals surface area contributed by atoms with Crippen molar-refractivity contribution in [2.24, 2.45) is 0 Å². The second kappa shape index (κ2) is 9.88.